The van der Waals surface area contributed by atoms with Crippen LogP contribution in [0.4, 0.5) is 5.69 Å². The summed E-state index contributed by atoms with van der Waals surface area (Å²) in [5.74, 6) is -1.32. The number of carboxylic acids is 1. The first kappa shape index (κ1) is 12.0. The van der Waals surface area contributed by atoms with Crippen LogP contribution in [0.3, 0.4) is 0 Å². The Bertz CT molecular complexity index is 666. The quantitative estimate of drug-likeness (QED) is 0.732. The van der Waals surface area contributed by atoms with Gasteiger partial charge in [0.05, 0.1) is 18.2 Å². The lowest BCUT2D eigenvalue weighted by Gasteiger charge is -2.07. The number of H-pyrrole nitrogens is 1. The van der Waals surface area contributed by atoms with Crippen LogP contribution in [0.2, 0.25) is 0 Å². The first-order chi connectivity index (χ1) is 8.50. The molecule has 0 aliphatic heterocycles. The predicted molar refractivity (Wildman–Crippen MR) is 60.6 cm³/mol. The van der Waals surface area contributed by atoms with Crippen molar-refractivity contribution in [2.24, 2.45) is 0 Å². The number of pyridine rings is 1. The van der Waals surface area contributed by atoms with Crippen molar-refractivity contribution in [1.82, 2.24) is 15.0 Å². The summed E-state index contributed by atoms with van der Waals surface area (Å²) in [7, 11) is -3.90. The molecule has 3 N–H and O–H groups in total. The van der Waals surface area contributed by atoms with E-state index in [1.807, 2.05) is 0 Å². The van der Waals surface area contributed by atoms with Gasteiger partial charge in [0.25, 0.3) is 10.0 Å². The number of aromatic amines is 1. The van der Waals surface area contributed by atoms with Gasteiger partial charge in [-0.15, -0.1) is 0 Å². The van der Waals surface area contributed by atoms with Crippen LogP contribution in [-0.4, -0.2) is 34.4 Å². The monoisotopic (exact) mass is 268 g/mol. The Morgan fingerprint density at radius 3 is 2.83 bits per heavy atom. The second-order valence-electron chi connectivity index (χ2n) is 3.23. The Kier molecular flexibility index (Phi) is 2.98. The van der Waals surface area contributed by atoms with Gasteiger partial charge in [0.15, 0.2) is 10.7 Å². The lowest BCUT2D eigenvalue weighted by molar-refractivity contribution is 0.0692. The SMILES string of the molecule is O=C(O)c1ncccc1NS(=O)(=O)c1cnc[nH]1. The van der Waals surface area contributed by atoms with Crippen LogP contribution in [0.15, 0.2) is 35.9 Å². The minimum atomic E-state index is -3.90. The number of aromatic nitrogens is 3. The van der Waals surface area contributed by atoms with Crippen LogP contribution in [0.5, 0.6) is 0 Å². The van der Waals surface area contributed by atoms with Crippen molar-refractivity contribution in [2.75, 3.05) is 4.72 Å². The van der Waals surface area contributed by atoms with Gasteiger partial charge in [0, 0.05) is 6.20 Å². The number of carbonyl (C=O) groups is 1. The highest BCUT2D eigenvalue weighted by molar-refractivity contribution is 7.92. The van der Waals surface area contributed by atoms with E-state index in [2.05, 4.69) is 19.7 Å². The van der Waals surface area contributed by atoms with Gasteiger partial charge in [-0.05, 0) is 12.1 Å². The molecule has 0 aromatic carbocycles. The van der Waals surface area contributed by atoms with Crippen molar-refractivity contribution in [3.8, 4) is 0 Å². The zero-order valence-corrected chi connectivity index (χ0v) is 9.68. The predicted octanol–water partition coefficient (Wildman–Crippen LogP) is 0.304. The highest BCUT2D eigenvalue weighted by Crippen LogP contribution is 2.16. The number of carboxylic acid groups (broad SMARTS) is 1. The molecule has 0 saturated carbocycles. The maximum Gasteiger partial charge on any atom is 0.356 e. The molecule has 2 aromatic heterocycles. The Labute approximate surface area is 102 Å². The average Bonchev–Trinajstić information content (AvgIpc) is 2.83. The van der Waals surface area contributed by atoms with Crippen molar-refractivity contribution in [1.29, 1.82) is 0 Å². The number of hydrogen-bond acceptors (Lipinski definition) is 5. The molecule has 0 aliphatic carbocycles. The molecule has 2 aromatic rings. The Morgan fingerprint density at radius 2 is 2.22 bits per heavy atom. The highest BCUT2D eigenvalue weighted by atomic mass is 32.2. The van der Waals surface area contributed by atoms with E-state index < -0.39 is 16.0 Å². The molecule has 9 heteroatoms. The second kappa shape index (κ2) is 4.45. The fourth-order valence-corrected chi connectivity index (χ4v) is 2.22. The average molecular weight is 268 g/mol. The molecule has 2 rings (SSSR count). The topological polar surface area (TPSA) is 125 Å². The fraction of sp³-hybridized carbons (Fsp3) is 0. The summed E-state index contributed by atoms with van der Waals surface area (Å²) in [5, 5.41) is 8.71. The molecular formula is C9H8N4O4S. The summed E-state index contributed by atoms with van der Waals surface area (Å²) >= 11 is 0. The molecule has 18 heavy (non-hydrogen) atoms. The molecule has 8 nitrogen and oxygen atoms in total. The third-order valence-corrected chi connectivity index (χ3v) is 3.31. The third-order valence-electron chi connectivity index (χ3n) is 2.02. The molecular weight excluding hydrogens is 260 g/mol. The van der Waals surface area contributed by atoms with Gasteiger partial charge in [-0.1, -0.05) is 0 Å². The summed E-state index contributed by atoms with van der Waals surface area (Å²) in [6, 6.07) is 2.74. The van der Waals surface area contributed by atoms with Crippen LogP contribution < -0.4 is 4.72 Å². The van der Waals surface area contributed by atoms with Gasteiger partial charge in [0.1, 0.15) is 0 Å². The number of sulfonamides is 1. The molecule has 0 bridgehead atoms. The molecule has 0 unspecified atom stereocenters. The Morgan fingerprint density at radius 1 is 1.44 bits per heavy atom. The number of nitrogens with zero attached hydrogens (tertiary/aromatic N) is 2. The standard InChI is InChI=1S/C9H8N4O4S/c14-9(15)8-6(2-1-3-11-8)13-18(16,17)7-4-10-5-12-7/h1-5,13H,(H,10,12)(H,14,15). The van der Waals surface area contributed by atoms with Crippen LogP contribution in [-0.2, 0) is 10.0 Å². The summed E-state index contributed by atoms with van der Waals surface area (Å²) < 4.78 is 25.8. The largest absolute Gasteiger partial charge is 0.476 e. The van der Waals surface area contributed by atoms with E-state index in [-0.39, 0.29) is 16.4 Å². The highest BCUT2D eigenvalue weighted by Gasteiger charge is 2.19. The minimum Gasteiger partial charge on any atom is -0.476 e. The maximum atomic E-state index is 11.8. The van der Waals surface area contributed by atoms with Crippen molar-refractivity contribution >= 4 is 21.7 Å². The zero-order valence-electron chi connectivity index (χ0n) is 8.86. The zero-order chi connectivity index (χ0) is 13.2. The van der Waals surface area contributed by atoms with Gasteiger partial charge in [0.2, 0.25) is 0 Å². The molecule has 94 valence electrons. The van der Waals surface area contributed by atoms with E-state index in [9.17, 15) is 13.2 Å². The first-order valence-corrected chi connectivity index (χ1v) is 6.18. The first-order valence-electron chi connectivity index (χ1n) is 4.70. The van der Waals surface area contributed by atoms with Crippen LogP contribution >= 0.6 is 0 Å². The Hall–Kier alpha value is -2.42. The lowest BCUT2D eigenvalue weighted by atomic mass is 10.3. The number of hydrogen-bond donors (Lipinski definition) is 3. The molecule has 2 heterocycles. The molecule has 0 atom stereocenters. The summed E-state index contributed by atoms with van der Waals surface area (Å²) in [4.78, 5) is 20.5. The molecule has 0 fully saturated rings. The maximum absolute atomic E-state index is 11.8. The number of aromatic carboxylic acids is 1. The van der Waals surface area contributed by atoms with E-state index in [0.29, 0.717) is 0 Å². The van der Waals surface area contributed by atoms with Crippen molar-refractivity contribution < 1.29 is 18.3 Å². The third kappa shape index (κ3) is 2.30. The van der Waals surface area contributed by atoms with E-state index in [1.165, 1.54) is 24.7 Å². The molecule has 0 spiro atoms. The number of anilines is 1. The summed E-state index contributed by atoms with van der Waals surface area (Å²) in [5.41, 5.74) is -0.486. The lowest BCUT2D eigenvalue weighted by Crippen LogP contribution is -2.16. The number of nitrogens with one attached hydrogen (secondary N) is 2. The van der Waals surface area contributed by atoms with Gasteiger partial charge in [-0.3, -0.25) is 4.72 Å². The van der Waals surface area contributed by atoms with E-state index >= 15 is 0 Å². The molecule has 0 aliphatic rings. The minimum absolute atomic E-state index is 0.111. The van der Waals surface area contributed by atoms with Crippen LogP contribution in [0, 0.1) is 0 Å². The fourth-order valence-electron chi connectivity index (χ4n) is 1.25. The van der Waals surface area contributed by atoms with Gasteiger partial charge >= 0.3 is 5.97 Å². The van der Waals surface area contributed by atoms with E-state index in [1.54, 1.807) is 0 Å². The van der Waals surface area contributed by atoms with Gasteiger partial charge < -0.3 is 10.1 Å². The Balaban J connectivity index is 2.39. The molecule has 0 radical (unpaired) electrons. The van der Waals surface area contributed by atoms with Crippen LogP contribution in [0.25, 0.3) is 0 Å². The van der Waals surface area contributed by atoms with Crippen molar-refractivity contribution in [2.45, 2.75) is 5.03 Å². The normalized spacial score (nSPS) is 11.1. The summed E-state index contributed by atoms with van der Waals surface area (Å²) in [6.07, 6.45) is 3.58. The van der Waals surface area contributed by atoms with E-state index in [4.69, 9.17) is 5.11 Å². The van der Waals surface area contributed by atoms with Crippen molar-refractivity contribution in [3.05, 3.63) is 36.5 Å². The van der Waals surface area contributed by atoms with Gasteiger partial charge in [-0.2, -0.15) is 8.42 Å². The summed E-state index contributed by atoms with van der Waals surface area (Å²) in [6.45, 7) is 0. The number of rotatable bonds is 4. The molecule has 0 saturated heterocycles. The molecule has 0 amide bonds. The second-order valence-corrected chi connectivity index (χ2v) is 4.88. The van der Waals surface area contributed by atoms with Crippen LogP contribution in [0.1, 0.15) is 10.5 Å². The van der Waals surface area contributed by atoms with E-state index in [0.717, 1.165) is 6.20 Å². The smallest absolute Gasteiger partial charge is 0.356 e. The van der Waals surface area contributed by atoms with Crippen molar-refractivity contribution in [3.63, 3.8) is 0 Å². The van der Waals surface area contributed by atoms with Gasteiger partial charge in [-0.25, -0.2) is 14.8 Å². The number of imidazole rings is 1.